The van der Waals surface area contributed by atoms with Gasteiger partial charge in [0.2, 0.25) is 5.95 Å². The lowest BCUT2D eigenvalue weighted by atomic mass is 10.0. The van der Waals surface area contributed by atoms with Crippen LogP contribution in [0, 0.1) is 0 Å². The minimum atomic E-state index is -4.62. The maximum absolute atomic E-state index is 13.6. The number of aromatic nitrogens is 4. The van der Waals surface area contributed by atoms with Crippen molar-refractivity contribution >= 4 is 22.6 Å². The van der Waals surface area contributed by atoms with Gasteiger partial charge in [-0.15, -0.1) is 0 Å². The molecule has 0 aliphatic carbocycles. The lowest BCUT2D eigenvalue weighted by Crippen LogP contribution is -2.21. The summed E-state index contributed by atoms with van der Waals surface area (Å²) in [6, 6.07) is 3.12. The highest BCUT2D eigenvalue weighted by molar-refractivity contribution is 5.94. The van der Waals surface area contributed by atoms with E-state index in [1.165, 1.54) is 6.20 Å². The first-order valence-electron chi connectivity index (χ1n) is 9.44. The number of nitrogens with one attached hydrogen (secondary N) is 2. The molecule has 3 N–H and O–H groups in total. The van der Waals surface area contributed by atoms with E-state index in [1.807, 2.05) is 6.08 Å². The van der Waals surface area contributed by atoms with Crippen molar-refractivity contribution in [3.8, 4) is 11.3 Å². The van der Waals surface area contributed by atoms with Gasteiger partial charge in [-0.05, 0) is 31.1 Å². The normalized spacial score (nSPS) is 15.8. The Labute approximate surface area is 170 Å². The van der Waals surface area contributed by atoms with Crippen LogP contribution >= 0.6 is 0 Å². The van der Waals surface area contributed by atoms with E-state index in [4.69, 9.17) is 4.74 Å². The van der Waals surface area contributed by atoms with Crippen LogP contribution in [0.5, 0.6) is 0 Å². The Bertz CT molecular complexity index is 1090. The molecule has 4 heterocycles. The topological polar surface area (TPSA) is 96.0 Å². The quantitative estimate of drug-likeness (QED) is 0.585. The monoisotopic (exact) mass is 419 g/mol. The molecule has 0 fully saturated rings. The molecule has 1 aliphatic rings. The van der Waals surface area contributed by atoms with Gasteiger partial charge in [-0.1, -0.05) is 6.08 Å². The number of aliphatic hydroxyl groups excluding tert-OH is 1. The summed E-state index contributed by atoms with van der Waals surface area (Å²) in [4.78, 5) is 15.4. The van der Waals surface area contributed by atoms with Crippen molar-refractivity contribution in [2.45, 2.75) is 25.6 Å². The molecule has 30 heavy (non-hydrogen) atoms. The number of pyridine rings is 1. The van der Waals surface area contributed by atoms with Gasteiger partial charge in [0.15, 0.2) is 0 Å². The first-order valence-corrected chi connectivity index (χ1v) is 9.44. The average Bonchev–Trinajstić information content (AvgIpc) is 3.16. The molecule has 1 atom stereocenters. The number of aliphatic hydroxyl groups is 1. The average molecular weight is 419 g/mol. The predicted molar refractivity (Wildman–Crippen MR) is 106 cm³/mol. The number of rotatable bonds is 5. The third-order valence-electron chi connectivity index (χ3n) is 4.83. The first kappa shape index (κ1) is 20.3. The van der Waals surface area contributed by atoms with Crippen molar-refractivity contribution in [2.24, 2.45) is 0 Å². The lowest BCUT2D eigenvalue weighted by molar-refractivity contribution is -0.137. The zero-order valence-electron chi connectivity index (χ0n) is 16.1. The van der Waals surface area contributed by atoms with Gasteiger partial charge in [0.1, 0.15) is 11.2 Å². The van der Waals surface area contributed by atoms with Crippen LogP contribution in [0.4, 0.5) is 19.1 Å². The molecule has 0 bridgehead atoms. The number of aromatic amines is 1. The fourth-order valence-electron chi connectivity index (χ4n) is 3.27. The van der Waals surface area contributed by atoms with E-state index in [9.17, 15) is 18.3 Å². The number of hydrogen-bond acceptors (Lipinski definition) is 6. The summed E-state index contributed by atoms with van der Waals surface area (Å²) in [5, 5.41) is 12.5. The smallest absolute Gasteiger partial charge is 0.394 e. The molecule has 158 valence electrons. The van der Waals surface area contributed by atoms with E-state index in [0.717, 1.165) is 23.9 Å². The Morgan fingerprint density at radius 1 is 1.30 bits per heavy atom. The Hall–Kier alpha value is -2.98. The van der Waals surface area contributed by atoms with Crippen molar-refractivity contribution < 1.29 is 23.0 Å². The van der Waals surface area contributed by atoms with Crippen LogP contribution in [0.2, 0.25) is 0 Å². The predicted octanol–water partition coefficient (Wildman–Crippen LogP) is 3.64. The number of hydrogen-bond donors (Lipinski definition) is 3. The molecule has 0 saturated heterocycles. The highest BCUT2D eigenvalue weighted by atomic mass is 19.4. The van der Waals surface area contributed by atoms with Gasteiger partial charge in [0.25, 0.3) is 0 Å². The highest BCUT2D eigenvalue weighted by Gasteiger charge is 2.36. The summed E-state index contributed by atoms with van der Waals surface area (Å²) in [6.07, 6.45) is 0.279. The first-order chi connectivity index (χ1) is 14.4. The van der Waals surface area contributed by atoms with E-state index in [2.05, 4.69) is 25.3 Å². The second-order valence-electron chi connectivity index (χ2n) is 7.03. The van der Waals surface area contributed by atoms with Gasteiger partial charge < -0.3 is 20.1 Å². The number of alkyl halides is 3. The molecule has 0 saturated carbocycles. The van der Waals surface area contributed by atoms with Gasteiger partial charge in [-0.25, -0.2) is 15.0 Å². The van der Waals surface area contributed by atoms with Gasteiger partial charge >= 0.3 is 6.18 Å². The van der Waals surface area contributed by atoms with E-state index in [0.29, 0.717) is 24.2 Å². The third-order valence-corrected chi connectivity index (χ3v) is 4.83. The summed E-state index contributed by atoms with van der Waals surface area (Å²) >= 11 is 0. The Balaban J connectivity index is 1.80. The molecule has 0 amide bonds. The molecule has 7 nitrogen and oxygen atoms in total. The molecule has 3 aromatic heterocycles. The van der Waals surface area contributed by atoms with Gasteiger partial charge in [0, 0.05) is 29.4 Å². The molecule has 3 aromatic rings. The van der Waals surface area contributed by atoms with Crippen LogP contribution in [0.15, 0.2) is 30.6 Å². The van der Waals surface area contributed by atoms with Crippen molar-refractivity contribution in [1.29, 1.82) is 0 Å². The second-order valence-corrected chi connectivity index (χ2v) is 7.03. The minimum absolute atomic E-state index is 0.00541. The molecule has 4 rings (SSSR count). The third kappa shape index (κ3) is 4.01. The summed E-state index contributed by atoms with van der Waals surface area (Å²) < 4.78 is 46.2. The molecule has 0 unspecified atom stereocenters. The molecular formula is C20H20F3N5O2. The number of nitrogens with zero attached hydrogens (tertiary/aromatic N) is 3. The summed E-state index contributed by atoms with van der Waals surface area (Å²) in [6.45, 7) is 2.59. The van der Waals surface area contributed by atoms with Crippen molar-refractivity contribution in [3.05, 3.63) is 41.9 Å². The van der Waals surface area contributed by atoms with Crippen LogP contribution < -0.4 is 5.32 Å². The fourth-order valence-corrected chi connectivity index (χ4v) is 3.27. The zero-order chi connectivity index (χ0) is 21.3. The number of H-pyrrole nitrogens is 1. The SMILES string of the molecule is C[C@@H](CO)Nc1ncc(C(F)(F)F)c(-c2c[nH]c3nc(C4=CCOCC4)ccc23)n1. The number of ether oxygens (including phenoxy) is 1. The molecule has 10 heteroatoms. The van der Waals surface area contributed by atoms with Gasteiger partial charge in [0.05, 0.1) is 31.2 Å². The highest BCUT2D eigenvalue weighted by Crippen LogP contribution is 2.38. The minimum Gasteiger partial charge on any atom is -0.394 e. The second kappa shape index (κ2) is 8.04. The summed E-state index contributed by atoms with van der Waals surface area (Å²) in [7, 11) is 0. The summed E-state index contributed by atoms with van der Waals surface area (Å²) in [5.74, 6) is 0.00541. The Morgan fingerprint density at radius 3 is 2.83 bits per heavy atom. The summed E-state index contributed by atoms with van der Waals surface area (Å²) in [5.41, 5.74) is 1.36. The van der Waals surface area contributed by atoms with E-state index in [1.54, 1.807) is 19.1 Å². The number of halogens is 3. The molecule has 0 aromatic carbocycles. The Morgan fingerprint density at radius 2 is 2.13 bits per heavy atom. The van der Waals surface area contributed by atoms with Crippen molar-refractivity contribution in [1.82, 2.24) is 19.9 Å². The fraction of sp³-hybridized carbons (Fsp3) is 0.350. The zero-order valence-corrected chi connectivity index (χ0v) is 16.1. The molecule has 0 radical (unpaired) electrons. The van der Waals surface area contributed by atoms with E-state index in [-0.39, 0.29) is 23.8 Å². The van der Waals surface area contributed by atoms with E-state index >= 15 is 0 Å². The molecular weight excluding hydrogens is 399 g/mol. The van der Waals surface area contributed by atoms with Crippen LogP contribution in [0.25, 0.3) is 27.9 Å². The molecule has 0 spiro atoms. The largest absolute Gasteiger partial charge is 0.419 e. The van der Waals surface area contributed by atoms with Gasteiger partial charge in [-0.3, -0.25) is 0 Å². The van der Waals surface area contributed by atoms with Crippen LogP contribution in [-0.4, -0.2) is 50.9 Å². The lowest BCUT2D eigenvalue weighted by Gasteiger charge is -2.15. The van der Waals surface area contributed by atoms with Crippen molar-refractivity contribution in [2.75, 3.05) is 25.1 Å². The van der Waals surface area contributed by atoms with Crippen LogP contribution in [0.1, 0.15) is 24.6 Å². The maximum atomic E-state index is 13.6. The van der Waals surface area contributed by atoms with Crippen LogP contribution in [-0.2, 0) is 10.9 Å². The molecule has 1 aliphatic heterocycles. The number of anilines is 1. The standard InChI is InChI=1S/C20H20F3N5O2/c1-11(10-29)26-19-25-9-15(20(21,22)23)17(28-19)14-8-24-18-13(14)2-3-16(27-18)12-4-6-30-7-5-12/h2-4,8-9,11,29H,5-7,10H2,1H3,(H,24,27)(H,25,26,28)/t11-/m0/s1. The van der Waals surface area contributed by atoms with Gasteiger partial charge in [-0.2, -0.15) is 13.2 Å². The van der Waals surface area contributed by atoms with Crippen molar-refractivity contribution in [3.63, 3.8) is 0 Å². The number of fused-ring (bicyclic) bond motifs is 1. The van der Waals surface area contributed by atoms with Crippen LogP contribution in [0.3, 0.4) is 0 Å². The van der Waals surface area contributed by atoms with E-state index < -0.39 is 17.8 Å². The Kier molecular flexibility index (Phi) is 5.44. The maximum Gasteiger partial charge on any atom is 0.419 e.